The molecule has 0 unspecified atom stereocenters. The minimum Gasteiger partial charge on any atom is -0.439 e. The second kappa shape index (κ2) is 5.10. The van der Waals surface area contributed by atoms with E-state index >= 15 is 0 Å². The van der Waals surface area contributed by atoms with Gasteiger partial charge < -0.3 is 10.5 Å². The zero-order valence-electron chi connectivity index (χ0n) is 9.73. The number of aromatic nitrogens is 1. The molecule has 0 saturated carbocycles. The predicted octanol–water partition coefficient (Wildman–Crippen LogP) is 3.17. The van der Waals surface area contributed by atoms with Crippen molar-refractivity contribution in [3.05, 3.63) is 53.7 Å². The van der Waals surface area contributed by atoms with Crippen LogP contribution in [0.3, 0.4) is 0 Å². The van der Waals surface area contributed by atoms with E-state index in [-0.39, 0.29) is 17.7 Å². The molecule has 1 aromatic carbocycles. The average molecular weight is 250 g/mol. The van der Waals surface area contributed by atoms with E-state index in [9.17, 15) is 8.78 Å². The highest BCUT2D eigenvalue weighted by Gasteiger charge is 2.05. The van der Waals surface area contributed by atoms with Crippen molar-refractivity contribution in [3.8, 4) is 11.6 Å². The molecular formula is C13H12F2N2O. The van der Waals surface area contributed by atoms with Crippen LogP contribution < -0.4 is 10.5 Å². The first-order valence-corrected chi connectivity index (χ1v) is 5.40. The molecule has 2 rings (SSSR count). The fraction of sp³-hybridized carbons (Fsp3) is 0.154. The molecule has 0 aliphatic heterocycles. The summed E-state index contributed by atoms with van der Waals surface area (Å²) in [6.45, 7) is 1.83. The summed E-state index contributed by atoms with van der Waals surface area (Å²) in [4.78, 5) is 4.01. The van der Waals surface area contributed by atoms with Crippen LogP contribution in [0.5, 0.6) is 11.6 Å². The Morgan fingerprint density at radius 2 is 1.83 bits per heavy atom. The van der Waals surface area contributed by atoms with Gasteiger partial charge in [-0.25, -0.2) is 13.8 Å². The lowest BCUT2D eigenvalue weighted by Gasteiger charge is -2.07. The molecule has 2 aromatic rings. The quantitative estimate of drug-likeness (QED) is 0.910. The number of hydrogen-bond acceptors (Lipinski definition) is 3. The lowest BCUT2D eigenvalue weighted by atomic mass is 10.2. The first-order chi connectivity index (χ1) is 8.54. The molecule has 0 amide bonds. The minimum atomic E-state index is -0.697. The lowest BCUT2D eigenvalue weighted by Crippen LogP contribution is -2.05. The molecule has 18 heavy (non-hydrogen) atoms. The number of nitrogens with zero attached hydrogens (tertiary/aromatic N) is 1. The Hall–Kier alpha value is -2.01. The van der Waals surface area contributed by atoms with Crippen molar-refractivity contribution in [2.75, 3.05) is 0 Å². The van der Waals surface area contributed by atoms with Crippen LogP contribution in [0.25, 0.3) is 0 Å². The van der Waals surface area contributed by atoms with Crippen molar-refractivity contribution < 1.29 is 13.5 Å². The molecule has 0 spiro atoms. The number of halogens is 2. The highest BCUT2D eigenvalue weighted by Crippen LogP contribution is 2.22. The topological polar surface area (TPSA) is 48.1 Å². The second-order valence-electron chi connectivity index (χ2n) is 3.93. The molecule has 1 heterocycles. The maximum absolute atomic E-state index is 12.9. The molecule has 0 fully saturated rings. The van der Waals surface area contributed by atoms with Crippen molar-refractivity contribution in [1.82, 2.24) is 4.98 Å². The molecule has 0 bridgehead atoms. The van der Waals surface area contributed by atoms with Gasteiger partial charge in [-0.3, -0.25) is 0 Å². The van der Waals surface area contributed by atoms with Crippen LogP contribution in [0.2, 0.25) is 0 Å². The predicted molar refractivity (Wildman–Crippen MR) is 63.3 cm³/mol. The summed E-state index contributed by atoms with van der Waals surface area (Å²) in [7, 11) is 0. The molecule has 1 atom stereocenters. The van der Waals surface area contributed by atoms with Gasteiger partial charge in [0.05, 0.1) is 0 Å². The van der Waals surface area contributed by atoms with Gasteiger partial charge in [0.2, 0.25) is 5.88 Å². The molecule has 5 heteroatoms. The Morgan fingerprint density at radius 3 is 2.33 bits per heavy atom. The second-order valence-corrected chi connectivity index (χ2v) is 3.93. The van der Waals surface area contributed by atoms with Crippen molar-refractivity contribution in [3.63, 3.8) is 0 Å². The highest BCUT2D eigenvalue weighted by molar-refractivity contribution is 5.29. The largest absolute Gasteiger partial charge is 0.439 e. The third kappa shape index (κ3) is 3.01. The molecule has 1 aromatic heterocycles. The van der Waals surface area contributed by atoms with Gasteiger partial charge in [0.1, 0.15) is 17.4 Å². The van der Waals surface area contributed by atoms with Gasteiger partial charge in [0.15, 0.2) is 0 Å². The summed E-state index contributed by atoms with van der Waals surface area (Å²) in [5.41, 5.74) is 6.53. The van der Waals surface area contributed by atoms with E-state index in [0.717, 1.165) is 23.8 Å². The summed E-state index contributed by atoms with van der Waals surface area (Å²) in [5.74, 6) is -1.08. The van der Waals surface area contributed by atoms with Crippen LogP contribution in [0, 0.1) is 11.6 Å². The fourth-order valence-corrected chi connectivity index (χ4v) is 1.43. The number of ether oxygens (including phenoxy) is 1. The van der Waals surface area contributed by atoms with E-state index in [1.807, 2.05) is 6.92 Å². The van der Waals surface area contributed by atoms with Crippen LogP contribution in [0.4, 0.5) is 8.78 Å². The van der Waals surface area contributed by atoms with Crippen LogP contribution >= 0.6 is 0 Å². The summed E-state index contributed by atoms with van der Waals surface area (Å²) >= 11 is 0. The first-order valence-electron chi connectivity index (χ1n) is 5.40. The monoisotopic (exact) mass is 250 g/mol. The third-order valence-corrected chi connectivity index (χ3v) is 2.34. The molecule has 0 aliphatic carbocycles. The molecule has 0 saturated heterocycles. The van der Waals surface area contributed by atoms with Gasteiger partial charge in [0.25, 0.3) is 0 Å². The van der Waals surface area contributed by atoms with Gasteiger partial charge in [-0.15, -0.1) is 0 Å². The Bertz CT molecular complexity index is 521. The number of rotatable bonds is 3. The van der Waals surface area contributed by atoms with Gasteiger partial charge in [-0.05, 0) is 12.5 Å². The summed E-state index contributed by atoms with van der Waals surface area (Å²) in [6, 6.07) is 6.18. The van der Waals surface area contributed by atoms with Crippen molar-refractivity contribution in [2.45, 2.75) is 13.0 Å². The Kier molecular flexibility index (Phi) is 3.53. The van der Waals surface area contributed by atoms with Gasteiger partial charge in [0, 0.05) is 36.5 Å². The van der Waals surface area contributed by atoms with E-state index in [0.29, 0.717) is 0 Å². The van der Waals surface area contributed by atoms with Crippen LogP contribution in [-0.2, 0) is 0 Å². The zero-order valence-corrected chi connectivity index (χ0v) is 9.73. The standard InChI is InChI=1S/C13H12F2N2O/c1-8(16)9-2-3-13(17-7-9)18-12-5-10(14)4-11(15)6-12/h2-8H,16H2,1H3/t8-/m1/s1. The van der Waals surface area contributed by atoms with Crippen LogP contribution in [-0.4, -0.2) is 4.98 Å². The number of pyridine rings is 1. The fourth-order valence-electron chi connectivity index (χ4n) is 1.43. The number of benzene rings is 1. The summed E-state index contributed by atoms with van der Waals surface area (Å²) in [5, 5.41) is 0. The first kappa shape index (κ1) is 12.4. The van der Waals surface area contributed by atoms with Crippen molar-refractivity contribution >= 4 is 0 Å². The number of nitrogens with two attached hydrogens (primary N) is 1. The minimum absolute atomic E-state index is 0.0635. The normalized spacial score (nSPS) is 12.2. The van der Waals surface area contributed by atoms with Gasteiger partial charge in [-0.2, -0.15) is 0 Å². The highest BCUT2D eigenvalue weighted by atomic mass is 19.1. The van der Waals surface area contributed by atoms with E-state index in [4.69, 9.17) is 10.5 Å². The van der Waals surface area contributed by atoms with Crippen LogP contribution in [0.1, 0.15) is 18.5 Å². The Balaban J connectivity index is 2.18. The number of hydrogen-bond donors (Lipinski definition) is 1. The van der Waals surface area contributed by atoms with E-state index in [2.05, 4.69) is 4.98 Å². The zero-order chi connectivity index (χ0) is 13.1. The molecular weight excluding hydrogens is 238 g/mol. The Labute approximate surface area is 103 Å². The van der Waals surface area contributed by atoms with Crippen molar-refractivity contribution in [2.24, 2.45) is 5.73 Å². The van der Waals surface area contributed by atoms with E-state index in [1.165, 1.54) is 0 Å². The van der Waals surface area contributed by atoms with Crippen LogP contribution in [0.15, 0.2) is 36.5 Å². The average Bonchev–Trinajstić information content (AvgIpc) is 2.28. The lowest BCUT2D eigenvalue weighted by molar-refractivity contribution is 0.451. The molecule has 94 valence electrons. The summed E-state index contributed by atoms with van der Waals surface area (Å²) in [6.07, 6.45) is 1.57. The van der Waals surface area contributed by atoms with E-state index in [1.54, 1.807) is 18.3 Å². The molecule has 3 nitrogen and oxygen atoms in total. The van der Waals surface area contributed by atoms with Gasteiger partial charge >= 0.3 is 0 Å². The summed E-state index contributed by atoms with van der Waals surface area (Å²) < 4.78 is 31.1. The maximum Gasteiger partial charge on any atom is 0.219 e. The Morgan fingerprint density at radius 1 is 1.17 bits per heavy atom. The van der Waals surface area contributed by atoms with E-state index < -0.39 is 11.6 Å². The smallest absolute Gasteiger partial charge is 0.219 e. The molecule has 2 N–H and O–H groups in total. The molecule has 0 aliphatic rings. The van der Waals surface area contributed by atoms with Gasteiger partial charge in [-0.1, -0.05) is 6.07 Å². The maximum atomic E-state index is 12.9. The van der Waals surface area contributed by atoms with Crippen molar-refractivity contribution in [1.29, 1.82) is 0 Å². The molecule has 0 radical (unpaired) electrons. The third-order valence-electron chi connectivity index (χ3n) is 2.34. The SMILES string of the molecule is C[C@@H](N)c1ccc(Oc2cc(F)cc(F)c2)nc1.